The number of hydrogen-bond donors (Lipinski definition) is 5. The summed E-state index contributed by atoms with van der Waals surface area (Å²) < 4.78 is 44.6. The lowest BCUT2D eigenvalue weighted by Gasteiger charge is -2.20. The molecule has 1 aliphatic carbocycles. The number of carboxylic acid groups (broad SMARTS) is 1. The van der Waals surface area contributed by atoms with Crippen molar-refractivity contribution < 1.29 is 42.5 Å². The number of guanidine groups is 1. The van der Waals surface area contributed by atoms with E-state index in [2.05, 4.69) is 10.3 Å². The summed E-state index contributed by atoms with van der Waals surface area (Å²) in [7, 11) is 1.40. The molecule has 0 radical (unpaired) electrons. The fraction of sp³-hybridized carbons (Fsp3) is 0.417. The van der Waals surface area contributed by atoms with Gasteiger partial charge >= 0.3 is 12.1 Å². The predicted octanol–water partition coefficient (Wildman–Crippen LogP) is 2.62. The minimum Gasteiger partial charge on any atom is -0.507 e. The molecule has 0 saturated heterocycles. The standard InChI is InChI=1S/C24H29F3N4O6/c1-37-16-6-7-17(20(33)11-16)18(12-22(35)36)31-21(34)5-3-2-4-19(32)13-8-14(24(25,26)27)10-15(9-13)30-23(28)29/h6-8,10-11,15,18,33H,2-5,9,12H2,1H3,(H,31,34)(H,35,36)(H4,28,29,30). The number of halogens is 3. The smallest absolute Gasteiger partial charge is 0.416 e. The lowest BCUT2D eigenvalue weighted by Crippen LogP contribution is -2.30. The predicted molar refractivity (Wildman–Crippen MR) is 128 cm³/mol. The van der Waals surface area contributed by atoms with Gasteiger partial charge in [-0.25, -0.2) is 4.99 Å². The van der Waals surface area contributed by atoms with E-state index in [1.165, 1.54) is 25.3 Å². The van der Waals surface area contributed by atoms with E-state index in [4.69, 9.17) is 16.2 Å². The number of rotatable bonds is 12. The lowest BCUT2D eigenvalue weighted by molar-refractivity contribution is -0.137. The molecular formula is C24H29F3N4O6. The molecule has 202 valence electrons. The number of benzene rings is 1. The Morgan fingerprint density at radius 2 is 1.89 bits per heavy atom. The number of ketones is 1. The molecule has 2 rings (SSSR count). The fourth-order valence-electron chi connectivity index (χ4n) is 3.79. The highest BCUT2D eigenvalue weighted by atomic mass is 19.4. The zero-order valence-electron chi connectivity index (χ0n) is 20.0. The van der Waals surface area contributed by atoms with Crippen molar-refractivity contribution in [2.45, 2.75) is 56.8 Å². The van der Waals surface area contributed by atoms with Crippen molar-refractivity contribution in [1.29, 1.82) is 0 Å². The maximum Gasteiger partial charge on any atom is 0.416 e. The number of phenolic OH excluding ortho intramolecular Hbond substituents is 1. The van der Waals surface area contributed by atoms with Crippen LogP contribution in [0.5, 0.6) is 11.5 Å². The minimum absolute atomic E-state index is 0.0641. The van der Waals surface area contributed by atoms with E-state index in [1.807, 2.05) is 0 Å². The van der Waals surface area contributed by atoms with Gasteiger partial charge in [-0.05, 0) is 42.7 Å². The number of nitrogens with zero attached hydrogens (tertiary/aromatic N) is 1. The van der Waals surface area contributed by atoms with Crippen LogP contribution in [0.15, 0.2) is 46.5 Å². The van der Waals surface area contributed by atoms with E-state index in [9.17, 15) is 37.8 Å². The summed E-state index contributed by atoms with van der Waals surface area (Å²) in [6, 6.07) is 2.22. The molecule has 2 atom stereocenters. The zero-order chi connectivity index (χ0) is 27.8. The molecule has 0 fully saturated rings. The Morgan fingerprint density at radius 3 is 2.46 bits per heavy atom. The Balaban J connectivity index is 1.95. The number of carboxylic acids is 1. The zero-order valence-corrected chi connectivity index (χ0v) is 20.0. The number of ether oxygens (including phenoxy) is 1. The van der Waals surface area contributed by atoms with Gasteiger partial charge in [-0.2, -0.15) is 13.2 Å². The van der Waals surface area contributed by atoms with E-state index in [0.717, 1.165) is 12.2 Å². The summed E-state index contributed by atoms with van der Waals surface area (Å²) in [6.07, 6.45) is -3.34. The molecule has 7 N–H and O–H groups in total. The molecule has 0 spiro atoms. The first-order valence-electron chi connectivity index (χ1n) is 11.3. The minimum atomic E-state index is -4.67. The van der Waals surface area contributed by atoms with Crippen LogP contribution in [0.3, 0.4) is 0 Å². The van der Waals surface area contributed by atoms with Gasteiger partial charge in [-0.15, -0.1) is 0 Å². The van der Waals surface area contributed by atoms with Crippen molar-refractivity contribution in [3.8, 4) is 11.5 Å². The molecule has 37 heavy (non-hydrogen) atoms. The van der Waals surface area contributed by atoms with Crippen molar-refractivity contribution >= 4 is 23.6 Å². The molecule has 13 heteroatoms. The summed E-state index contributed by atoms with van der Waals surface area (Å²) >= 11 is 0. The van der Waals surface area contributed by atoms with Crippen LogP contribution in [0.4, 0.5) is 13.2 Å². The average Bonchev–Trinajstić information content (AvgIpc) is 2.79. The van der Waals surface area contributed by atoms with Gasteiger partial charge in [0.1, 0.15) is 11.5 Å². The molecular weight excluding hydrogens is 497 g/mol. The first kappa shape index (κ1) is 29.2. The molecule has 1 aromatic carbocycles. The monoisotopic (exact) mass is 526 g/mol. The largest absolute Gasteiger partial charge is 0.507 e. The maximum absolute atomic E-state index is 13.2. The number of phenols is 1. The Bertz CT molecular complexity index is 1110. The lowest BCUT2D eigenvalue weighted by atomic mass is 9.91. The molecule has 0 aliphatic heterocycles. The Kier molecular flexibility index (Phi) is 10.1. The number of nitrogens with two attached hydrogens (primary N) is 2. The van der Waals surface area contributed by atoms with Crippen LogP contribution >= 0.6 is 0 Å². The highest BCUT2D eigenvalue weighted by Crippen LogP contribution is 2.33. The number of amides is 1. The Hall–Kier alpha value is -4.03. The molecule has 1 aliphatic rings. The van der Waals surface area contributed by atoms with E-state index in [-0.39, 0.29) is 49.0 Å². The number of aromatic hydroxyl groups is 1. The van der Waals surface area contributed by atoms with E-state index >= 15 is 0 Å². The normalized spacial score (nSPS) is 16.2. The molecule has 0 aromatic heterocycles. The van der Waals surface area contributed by atoms with Crippen molar-refractivity contribution in [3.63, 3.8) is 0 Å². The topological polar surface area (TPSA) is 177 Å². The second-order valence-electron chi connectivity index (χ2n) is 8.39. The van der Waals surface area contributed by atoms with Crippen LogP contribution in [0.1, 0.15) is 50.1 Å². The van der Waals surface area contributed by atoms with Crippen LogP contribution in [0.25, 0.3) is 0 Å². The highest BCUT2D eigenvalue weighted by Gasteiger charge is 2.36. The second kappa shape index (κ2) is 12.8. The van der Waals surface area contributed by atoms with Gasteiger partial charge in [0.05, 0.1) is 31.2 Å². The van der Waals surface area contributed by atoms with Crippen LogP contribution in [0, 0.1) is 0 Å². The SMILES string of the molecule is COc1ccc(C(CC(=O)O)NC(=O)CCCCC(=O)C2=CC(C(F)(F)F)=CC(N=C(N)N)C2)c(O)c1. The summed E-state index contributed by atoms with van der Waals surface area (Å²) in [5.74, 6) is -2.52. The quantitative estimate of drug-likeness (QED) is 0.157. The highest BCUT2D eigenvalue weighted by molar-refractivity contribution is 5.96. The van der Waals surface area contributed by atoms with Crippen LogP contribution in [-0.4, -0.2) is 53.2 Å². The molecule has 0 bridgehead atoms. The fourth-order valence-corrected chi connectivity index (χ4v) is 3.79. The first-order valence-corrected chi connectivity index (χ1v) is 11.3. The third kappa shape index (κ3) is 9.17. The Labute approximate surface area is 210 Å². The molecule has 2 unspecified atom stereocenters. The first-order chi connectivity index (χ1) is 17.3. The van der Waals surface area contributed by atoms with Crippen LogP contribution in [-0.2, 0) is 14.4 Å². The Morgan fingerprint density at radius 1 is 1.22 bits per heavy atom. The van der Waals surface area contributed by atoms with Crippen molar-refractivity contribution in [3.05, 3.63) is 47.1 Å². The summed E-state index contributed by atoms with van der Waals surface area (Å²) in [4.78, 5) is 39.9. The van der Waals surface area contributed by atoms with Gasteiger partial charge in [0.25, 0.3) is 0 Å². The summed E-state index contributed by atoms with van der Waals surface area (Å²) in [5, 5.41) is 21.9. The van der Waals surface area contributed by atoms with Crippen molar-refractivity contribution in [2.24, 2.45) is 16.5 Å². The third-order valence-electron chi connectivity index (χ3n) is 5.52. The van der Waals surface area contributed by atoms with Crippen LogP contribution in [0.2, 0.25) is 0 Å². The number of aliphatic imine (C=N–C) groups is 1. The number of carbonyl (C=O) groups excluding carboxylic acids is 2. The molecule has 1 aromatic rings. The number of Topliss-reactive ketones (excluding diaryl/α,β-unsaturated/α-hetero) is 1. The maximum atomic E-state index is 13.2. The number of unbranched alkanes of at least 4 members (excludes halogenated alkanes) is 1. The number of carbonyl (C=O) groups is 3. The summed E-state index contributed by atoms with van der Waals surface area (Å²) in [6.45, 7) is 0. The average molecular weight is 527 g/mol. The number of aliphatic carboxylic acids is 1. The number of allylic oxidation sites excluding steroid dienone is 2. The van der Waals surface area contributed by atoms with Gasteiger partial charge in [-0.1, -0.05) is 0 Å². The molecule has 0 heterocycles. The van der Waals surface area contributed by atoms with Gasteiger partial charge in [0.15, 0.2) is 11.7 Å². The molecule has 10 nitrogen and oxygen atoms in total. The van der Waals surface area contributed by atoms with E-state index in [1.54, 1.807) is 0 Å². The van der Waals surface area contributed by atoms with Crippen molar-refractivity contribution in [1.82, 2.24) is 5.32 Å². The van der Waals surface area contributed by atoms with Gasteiger partial charge in [0.2, 0.25) is 5.91 Å². The van der Waals surface area contributed by atoms with Crippen molar-refractivity contribution in [2.75, 3.05) is 7.11 Å². The summed E-state index contributed by atoms with van der Waals surface area (Å²) in [5.41, 5.74) is 9.66. The second-order valence-corrected chi connectivity index (χ2v) is 8.39. The molecule has 1 amide bonds. The number of alkyl halides is 3. The van der Waals surface area contributed by atoms with Gasteiger partial charge < -0.3 is 31.7 Å². The molecule has 0 saturated carbocycles. The van der Waals surface area contributed by atoms with E-state index < -0.39 is 53.9 Å². The van der Waals surface area contributed by atoms with Crippen LogP contribution < -0.4 is 21.5 Å². The van der Waals surface area contributed by atoms with E-state index in [0.29, 0.717) is 5.75 Å². The number of nitrogens with one attached hydrogen (secondary N) is 1. The number of hydrogen-bond acceptors (Lipinski definition) is 6. The number of methoxy groups -OCH3 is 1. The van der Waals surface area contributed by atoms with Gasteiger partial charge in [0, 0.05) is 30.9 Å². The third-order valence-corrected chi connectivity index (χ3v) is 5.52. The van der Waals surface area contributed by atoms with Gasteiger partial charge in [-0.3, -0.25) is 14.4 Å².